The van der Waals surface area contributed by atoms with Gasteiger partial charge in [0.15, 0.2) is 0 Å². The van der Waals surface area contributed by atoms with E-state index in [9.17, 15) is 13.0 Å². The maximum Gasteiger partial charge on any atom is 0.329 e. The van der Waals surface area contributed by atoms with Crippen molar-refractivity contribution in [2.45, 2.75) is 13.1 Å². The van der Waals surface area contributed by atoms with Crippen LogP contribution in [0.3, 0.4) is 0 Å². The van der Waals surface area contributed by atoms with Crippen LogP contribution in [0.15, 0.2) is 24.3 Å². The van der Waals surface area contributed by atoms with Crippen molar-refractivity contribution < 1.29 is 22.8 Å². The molecule has 0 heterocycles. The Morgan fingerprint density at radius 2 is 1.76 bits per heavy atom. The minimum absolute atomic E-state index is 0.0305. The van der Waals surface area contributed by atoms with E-state index in [4.69, 9.17) is 9.79 Å². The van der Waals surface area contributed by atoms with Gasteiger partial charge in [-0.1, -0.05) is 12.1 Å². The van der Waals surface area contributed by atoms with Crippen LogP contribution in [-0.2, 0) is 20.8 Å². The summed E-state index contributed by atoms with van der Waals surface area (Å²) in [6, 6.07) is 5.90. The summed E-state index contributed by atoms with van der Waals surface area (Å²) in [5.41, 5.74) is 0.832. The first kappa shape index (κ1) is 14.2. The third kappa shape index (κ3) is 5.32. The molecule has 17 heavy (non-hydrogen) atoms. The summed E-state index contributed by atoms with van der Waals surface area (Å²) in [6.07, 6.45) is -0.353. The number of hydrogen-bond donors (Lipinski definition) is 3. The van der Waals surface area contributed by atoms with Crippen LogP contribution in [0.5, 0.6) is 0 Å². The fourth-order valence-corrected chi connectivity index (χ4v) is 2.49. The van der Waals surface area contributed by atoms with Crippen molar-refractivity contribution in [1.29, 1.82) is 0 Å². The van der Waals surface area contributed by atoms with Crippen LogP contribution < -0.4 is 4.72 Å². The molecule has 1 rings (SSSR count). The zero-order valence-corrected chi connectivity index (χ0v) is 10.9. The van der Waals surface area contributed by atoms with Gasteiger partial charge in [0, 0.05) is 5.69 Å². The molecule has 0 bridgehead atoms. The molecule has 0 aliphatic rings. The Morgan fingerprint density at radius 3 is 2.18 bits per heavy atom. The van der Waals surface area contributed by atoms with E-state index in [2.05, 4.69) is 4.72 Å². The van der Waals surface area contributed by atoms with E-state index < -0.39 is 17.6 Å². The highest BCUT2D eigenvalue weighted by atomic mass is 32.2. The zero-order chi connectivity index (χ0) is 13.1. The number of sulfonamides is 1. The van der Waals surface area contributed by atoms with E-state index >= 15 is 0 Å². The molecule has 0 saturated heterocycles. The maximum atomic E-state index is 11.2. The Hall–Kier alpha value is -0.880. The molecule has 0 radical (unpaired) electrons. The van der Waals surface area contributed by atoms with Crippen molar-refractivity contribution in [3.63, 3.8) is 0 Å². The Labute approximate surface area is 99.9 Å². The fraction of sp³-hybridized carbons (Fsp3) is 0.333. The van der Waals surface area contributed by atoms with Gasteiger partial charge >= 0.3 is 7.60 Å². The lowest BCUT2D eigenvalue weighted by atomic mass is 10.2. The van der Waals surface area contributed by atoms with E-state index in [1.165, 1.54) is 31.2 Å². The third-order valence-electron chi connectivity index (χ3n) is 2.00. The standard InChI is InChI=1S/C9H14NO5PS/c1-2-17(14,15)10-9-5-3-8(4-6-9)7-16(11,12)13/h3-6,10H,2,7H2,1H3,(H2,11,12,13). The van der Waals surface area contributed by atoms with Gasteiger partial charge < -0.3 is 9.79 Å². The summed E-state index contributed by atoms with van der Waals surface area (Å²) in [5.74, 6) is -0.0305. The first-order valence-corrected chi connectivity index (χ1v) is 8.31. The Morgan fingerprint density at radius 1 is 1.24 bits per heavy atom. The van der Waals surface area contributed by atoms with Crippen molar-refractivity contribution in [2.75, 3.05) is 10.5 Å². The van der Waals surface area contributed by atoms with Crippen LogP contribution in [-0.4, -0.2) is 24.0 Å². The molecule has 0 saturated carbocycles. The lowest BCUT2D eigenvalue weighted by Crippen LogP contribution is -2.14. The van der Waals surface area contributed by atoms with Crippen LogP contribution in [0.1, 0.15) is 12.5 Å². The monoisotopic (exact) mass is 279 g/mol. The topological polar surface area (TPSA) is 104 Å². The molecule has 0 atom stereocenters. The van der Waals surface area contributed by atoms with Crippen molar-refractivity contribution in [3.05, 3.63) is 29.8 Å². The number of benzene rings is 1. The SMILES string of the molecule is CCS(=O)(=O)Nc1ccc(CP(=O)(O)O)cc1. The molecule has 3 N–H and O–H groups in total. The Bertz CT molecular complexity index is 519. The van der Waals surface area contributed by atoms with E-state index in [1.54, 1.807) is 0 Å². The predicted molar refractivity (Wildman–Crippen MR) is 65.3 cm³/mol. The molecular weight excluding hydrogens is 265 g/mol. The summed E-state index contributed by atoms with van der Waals surface area (Å²) in [5, 5.41) is 0. The third-order valence-corrected chi connectivity index (χ3v) is 4.08. The van der Waals surface area contributed by atoms with Gasteiger partial charge in [0.05, 0.1) is 11.9 Å². The number of rotatable bonds is 5. The minimum Gasteiger partial charge on any atom is -0.324 e. The first-order chi connectivity index (χ1) is 7.72. The second-order valence-electron chi connectivity index (χ2n) is 3.53. The highest BCUT2D eigenvalue weighted by molar-refractivity contribution is 7.92. The number of nitrogens with one attached hydrogen (secondary N) is 1. The summed E-state index contributed by atoms with van der Waals surface area (Å²) < 4.78 is 35.6. The summed E-state index contributed by atoms with van der Waals surface area (Å²) in [6.45, 7) is 1.52. The molecule has 6 nitrogen and oxygen atoms in total. The van der Waals surface area contributed by atoms with Gasteiger partial charge in [0.1, 0.15) is 0 Å². The molecular formula is C9H14NO5PS. The summed E-state index contributed by atoms with van der Waals surface area (Å²) in [7, 11) is -7.41. The highest BCUT2D eigenvalue weighted by Crippen LogP contribution is 2.39. The fourth-order valence-electron chi connectivity index (χ4n) is 1.17. The normalized spacial score (nSPS) is 12.4. The van der Waals surface area contributed by atoms with E-state index in [0.29, 0.717) is 11.3 Å². The van der Waals surface area contributed by atoms with Gasteiger partial charge in [-0.3, -0.25) is 9.29 Å². The first-order valence-electron chi connectivity index (χ1n) is 4.86. The minimum atomic E-state index is -4.09. The molecule has 0 aliphatic carbocycles. The van der Waals surface area contributed by atoms with Gasteiger partial charge in [-0.05, 0) is 24.6 Å². The molecule has 1 aromatic carbocycles. The molecule has 0 unspecified atom stereocenters. The molecule has 8 heteroatoms. The van der Waals surface area contributed by atoms with Crippen molar-refractivity contribution >= 4 is 23.3 Å². The molecule has 0 spiro atoms. The summed E-state index contributed by atoms with van der Waals surface area (Å²) >= 11 is 0. The van der Waals surface area contributed by atoms with E-state index in [1.807, 2.05) is 0 Å². The van der Waals surface area contributed by atoms with Crippen LogP contribution in [0.2, 0.25) is 0 Å². The van der Waals surface area contributed by atoms with Crippen molar-refractivity contribution in [1.82, 2.24) is 0 Å². The largest absolute Gasteiger partial charge is 0.329 e. The highest BCUT2D eigenvalue weighted by Gasteiger charge is 2.14. The van der Waals surface area contributed by atoms with Crippen LogP contribution >= 0.6 is 7.60 Å². The molecule has 0 fully saturated rings. The second-order valence-corrected chi connectivity index (χ2v) is 7.18. The number of hydrogen-bond acceptors (Lipinski definition) is 3. The quantitative estimate of drug-likeness (QED) is 0.701. The molecule has 0 aromatic heterocycles. The second kappa shape index (κ2) is 5.18. The Balaban J connectivity index is 2.79. The average Bonchev–Trinajstić information content (AvgIpc) is 2.19. The number of anilines is 1. The molecule has 0 aliphatic heterocycles. The maximum absolute atomic E-state index is 11.2. The van der Waals surface area contributed by atoms with Gasteiger partial charge in [0.25, 0.3) is 0 Å². The van der Waals surface area contributed by atoms with Crippen LogP contribution in [0, 0.1) is 0 Å². The van der Waals surface area contributed by atoms with E-state index in [-0.39, 0.29) is 11.9 Å². The molecule has 1 aromatic rings. The lowest BCUT2D eigenvalue weighted by Gasteiger charge is -2.07. The smallest absolute Gasteiger partial charge is 0.324 e. The Kier molecular flexibility index (Phi) is 4.32. The van der Waals surface area contributed by atoms with Crippen molar-refractivity contribution in [2.24, 2.45) is 0 Å². The molecule has 0 amide bonds. The van der Waals surface area contributed by atoms with Crippen molar-refractivity contribution in [3.8, 4) is 0 Å². The van der Waals surface area contributed by atoms with Gasteiger partial charge in [-0.2, -0.15) is 0 Å². The van der Waals surface area contributed by atoms with Crippen LogP contribution in [0.4, 0.5) is 5.69 Å². The van der Waals surface area contributed by atoms with Gasteiger partial charge in [-0.15, -0.1) is 0 Å². The summed E-state index contributed by atoms with van der Waals surface area (Å²) in [4.78, 5) is 17.5. The van der Waals surface area contributed by atoms with Gasteiger partial charge in [-0.25, -0.2) is 8.42 Å². The van der Waals surface area contributed by atoms with Crippen LogP contribution in [0.25, 0.3) is 0 Å². The molecule has 96 valence electrons. The average molecular weight is 279 g/mol. The van der Waals surface area contributed by atoms with E-state index in [0.717, 1.165) is 0 Å². The zero-order valence-electron chi connectivity index (χ0n) is 9.20. The van der Waals surface area contributed by atoms with Gasteiger partial charge in [0.2, 0.25) is 10.0 Å². The lowest BCUT2D eigenvalue weighted by molar-refractivity contribution is 0.371. The predicted octanol–water partition coefficient (Wildman–Crippen LogP) is 1.13.